The first-order valence-corrected chi connectivity index (χ1v) is 7.69. The van der Waals surface area contributed by atoms with Crippen LogP contribution < -0.4 is 5.32 Å². The van der Waals surface area contributed by atoms with E-state index in [1.54, 1.807) is 17.5 Å². The van der Waals surface area contributed by atoms with Gasteiger partial charge in [-0.1, -0.05) is 12.1 Å². The Morgan fingerprint density at radius 3 is 2.96 bits per heavy atom. The Bertz CT molecular complexity index is 690. The van der Waals surface area contributed by atoms with Gasteiger partial charge in [0.1, 0.15) is 17.4 Å². The second-order valence-electron chi connectivity index (χ2n) is 4.63. The molecular weight excluding hydrogens is 323 g/mol. The zero-order chi connectivity index (χ0) is 16.7. The Kier molecular flexibility index (Phi) is 6.19. The van der Waals surface area contributed by atoms with Crippen LogP contribution in [-0.2, 0) is 20.7 Å². The number of nitrogens with one attached hydrogen (secondary N) is 1. The first-order valence-electron chi connectivity index (χ1n) is 6.81. The highest BCUT2D eigenvalue weighted by molar-refractivity contribution is 7.13. The van der Waals surface area contributed by atoms with Gasteiger partial charge < -0.3 is 15.2 Å². The van der Waals surface area contributed by atoms with E-state index in [0.717, 1.165) is 0 Å². The normalized spacial score (nSPS) is 10.5. The number of hydrogen-bond donors (Lipinski definition) is 2. The van der Waals surface area contributed by atoms with Gasteiger partial charge in [0.25, 0.3) is 0 Å². The van der Waals surface area contributed by atoms with E-state index in [1.165, 1.54) is 23.5 Å². The first-order chi connectivity index (χ1) is 11.0. The van der Waals surface area contributed by atoms with Gasteiger partial charge in [0.2, 0.25) is 5.91 Å². The first kappa shape index (κ1) is 17.0. The van der Waals surface area contributed by atoms with Crippen molar-refractivity contribution in [3.8, 4) is 10.6 Å². The number of benzene rings is 1. The van der Waals surface area contributed by atoms with E-state index in [0.29, 0.717) is 16.3 Å². The van der Waals surface area contributed by atoms with Gasteiger partial charge in [-0.2, -0.15) is 0 Å². The van der Waals surface area contributed by atoms with Crippen LogP contribution in [0.5, 0.6) is 0 Å². The summed E-state index contributed by atoms with van der Waals surface area (Å²) < 4.78 is 18.0. The average molecular weight is 338 g/mol. The molecule has 6 nitrogen and oxygen atoms in total. The van der Waals surface area contributed by atoms with Gasteiger partial charge in [0.15, 0.2) is 0 Å². The smallest absolute Gasteiger partial charge is 0.329 e. The number of thiazole rings is 1. The molecule has 1 heterocycles. The Morgan fingerprint density at radius 2 is 2.22 bits per heavy atom. The van der Waals surface area contributed by atoms with Gasteiger partial charge in [-0.3, -0.25) is 4.79 Å². The van der Waals surface area contributed by atoms with Crippen molar-refractivity contribution in [2.75, 3.05) is 19.8 Å². The maximum Gasteiger partial charge on any atom is 0.329 e. The number of carbonyl (C=O) groups excluding carboxylic acids is 1. The van der Waals surface area contributed by atoms with Crippen molar-refractivity contribution in [3.63, 3.8) is 0 Å². The van der Waals surface area contributed by atoms with Crippen molar-refractivity contribution in [3.05, 3.63) is 41.2 Å². The van der Waals surface area contributed by atoms with Gasteiger partial charge in [-0.05, 0) is 12.1 Å². The summed E-state index contributed by atoms with van der Waals surface area (Å²) in [5, 5.41) is 13.4. The van der Waals surface area contributed by atoms with Crippen LogP contribution in [0, 0.1) is 5.82 Å². The number of carboxylic acids is 1. The monoisotopic (exact) mass is 338 g/mol. The molecule has 0 spiro atoms. The quantitative estimate of drug-likeness (QED) is 0.715. The summed E-state index contributed by atoms with van der Waals surface area (Å²) in [4.78, 5) is 26.3. The predicted octanol–water partition coefficient (Wildman–Crippen LogP) is 1.71. The van der Waals surface area contributed by atoms with Gasteiger partial charge >= 0.3 is 5.97 Å². The minimum atomic E-state index is -1.05. The van der Waals surface area contributed by atoms with E-state index >= 15 is 0 Å². The molecule has 122 valence electrons. The van der Waals surface area contributed by atoms with E-state index in [1.807, 2.05) is 0 Å². The van der Waals surface area contributed by atoms with Crippen molar-refractivity contribution in [2.24, 2.45) is 0 Å². The molecule has 0 saturated heterocycles. The highest BCUT2D eigenvalue weighted by Gasteiger charge is 2.09. The maximum absolute atomic E-state index is 13.2. The number of nitrogens with zero attached hydrogens (tertiary/aromatic N) is 1. The number of aliphatic carboxylic acids is 1. The molecule has 1 amide bonds. The highest BCUT2D eigenvalue weighted by Crippen LogP contribution is 2.24. The van der Waals surface area contributed by atoms with Crippen molar-refractivity contribution >= 4 is 23.2 Å². The molecule has 23 heavy (non-hydrogen) atoms. The largest absolute Gasteiger partial charge is 0.480 e. The molecular formula is C15H15FN2O4S. The van der Waals surface area contributed by atoms with E-state index in [2.05, 4.69) is 10.3 Å². The van der Waals surface area contributed by atoms with Crippen LogP contribution in [0.25, 0.3) is 10.6 Å². The molecule has 0 fully saturated rings. The fourth-order valence-corrected chi connectivity index (χ4v) is 2.61. The van der Waals surface area contributed by atoms with Crippen LogP contribution in [0.4, 0.5) is 4.39 Å². The fraction of sp³-hybridized carbons (Fsp3) is 0.267. The van der Waals surface area contributed by atoms with Crippen molar-refractivity contribution in [2.45, 2.75) is 6.42 Å². The molecule has 2 aromatic rings. The average Bonchev–Trinajstić information content (AvgIpc) is 2.95. The Labute approximate surface area is 135 Å². The van der Waals surface area contributed by atoms with Crippen molar-refractivity contribution < 1.29 is 23.8 Å². The Hall–Kier alpha value is -2.32. The summed E-state index contributed by atoms with van der Waals surface area (Å²) >= 11 is 1.34. The Balaban J connectivity index is 1.80. The van der Waals surface area contributed by atoms with Gasteiger partial charge in [-0.25, -0.2) is 14.2 Å². The van der Waals surface area contributed by atoms with Gasteiger partial charge in [0.05, 0.1) is 18.7 Å². The third-order valence-electron chi connectivity index (χ3n) is 2.76. The number of halogens is 1. The van der Waals surface area contributed by atoms with Gasteiger partial charge in [0, 0.05) is 17.5 Å². The molecule has 2 N–H and O–H groups in total. The molecule has 0 bridgehead atoms. The second kappa shape index (κ2) is 8.35. The molecule has 1 aromatic carbocycles. The van der Waals surface area contributed by atoms with Crippen LogP contribution in [-0.4, -0.2) is 41.7 Å². The summed E-state index contributed by atoms with van der Waals surface area (Å²) in [5.41, 5.74) is 1.27. The number of ether oxygens (including phenoxy) is 1. The minimum Gasteiger partial charge on any atom is -0.480 e. The lowest BCUT2D eigenvalue weighted by molar-refractivity contribution is -0.142. The molecule has 0 atom stereocenters. The van der Waals surface area contributed by atoms with E-state index in [9.17, 15) is 14.0 Å². The van der Waals surface area contributed by atoms with Gasteiger partial charge in [-0.15, -0.1) is 11.3 Å². The summed E-state index contributed by atoms with van der Waals surface area (Å²) in [5.74, 6) is -1.62. The van der Waals surface area contributed by atoms with E-state index in [-0.39, 0.29) is 37.9 Å². The van der Waals surface area contributed by atoms with E-state index in [4.69, 9.17) is 9.84 Å². The SMILES string of the molecule is O=C(O)COCCNC(=O)Cc1csc(-c2cccc(F)c2)n1. The summed E-state index contributed by atoms with van der Waals surface area (Å²) in [7, 11) is 0. The fourth-order valence-electron chi connectivity index (χ4n) is 1.79. The van der Waals surface area contributed by atoms with Crippen molar-refractivity contribution in [1.82, 2.24) is 10.3 Å². The van der Waals surface area contributed by atoms with Crippen LogP contribution in [0.15, 0.2) is 29.6 Å². The number of carboxylic acid groups (broad SMARTS) is 1. The topological polar surface area (TPSA) is 88.5 Å². The third-order valence-corrected chi connectivity index (χ3v) is 3.70. The highest BCUT2D eigenvalue weighted by atomic mass is 32.1. The number of hydrogen-bond acceptors (Lipinski definition) is 5. The van der Waals surface area contributed by atoms with Crippen LogP contribution in [0.1, 0.15) is 5.69 Å². The molecule has 0 aliphatic rings. The number of rotatable bonds is 8. The lowest BCUT2D eigenvalue weighted by Gasteiger charge is -2.04. The molecule has 0 saturated carbocycles. The third kappa shape index (κ3) is 5.76. The molecule has 0 aliphatic carbocycles. The zero-order valence-corrected chi connectivity index (χ0v) is 12.9. The number of carbonyl (C=O) groups is 2. The van der Waals surface area contributed by atoms with Crippen LogP contribution >= 0.6 is 11.3 Å². The molecule has 0 aliphatic heterocycles. The van der Waals surface area contributed by atoms with Crippen LogP contribution in [0.3, 0.4) is 0 Å². The molecule has 2 rings (SSSR count). The standard InChI is InChI=1S/C15H15FN2O4S/c16-11-3-1-2-10(6-11)15-18-12(9-23-15)7-13(19)17-4-5-22-8-14(20)21/h1-3,6,9H,4-5,7-8H2,(H,17,19)(H,20,21). The lowest BCUT2D eigenvalue weighted by Crippen LogP contribution is -2.29. The summed E-state index contributed by atoms with van der Waals surface area (Å²) in [6.07, 6.45) is 0.102. The molecule has 0 radical (unpaired) electrons. The summed E-state index contributed by atoms with van der Waals surface area (Å²) in [6, 6.07) is 6.11. The van der Waals surface area contributed by atoms with Crippen LogP contribution in [0.2, 0.25) is 0 Å². The van der Waals surface area contributed by atoms with Crippen molar-refractivity contribution in [1.29, 1.82) is 0 Å². The van der Waals surface area contributed by atoms with E-state index < -0.39 is 5.97 Å². The zero-order valence-electron chi connectivity index (χ0n) is 12.1. The summed E-state index contributed by atoms with van der Waals surface area (Å²) in [6.45, 7) is -0.0321. The maximum atomic E-state index is 13.2. The predicted molar refractivity (Wildman–Crippen MR) is 82.7 cm³/mol. The molecule has 8 heteroatoms. The molecule has 0 unspecified atom stereocenters. The number of amides is 1. The Morgan fingerprint density at radius 1 is 1.39 bits per heavy atom. The molecule has 1 aromatic heterocycles. The minimum absolute atomic E-state index is 0.102. The lowest BCUT2D eigenvalue weighted by atomic mass is 10.2. The second-order valence-corrected chi connectivity index (χ2v) is 5.49. The number of aromatic nitrogens is 1.